The van der Waals surface area contributed by atoms with Crippen LogP contribution in [-0.2, 0) is 4.79 Å². The Kier molecular flexibility index (Phi) is 6.24. The van der Waals surface area contributed by atoms with E-state index >= 15 is 0 Å². The topological polar surface area (TPSA) is 98.5 Å². The van der Waals surface area contributed by atoms with Crippen molar-refractivity contribution in [3.63, 3.8) is 0 Å². The molecular weight excluding hydrogens is 392 g/mol. The van der Waals surface area contributed by atoms with Crippen LogP contribution in [0, 0.1) is 10.1 Å². The second kappa shape index (κ2) is 8.39. The molecule has 25 heavy (non-hydrogen) atoms. The monoisotopic (exact) mass is 406 g/mol. The number of nitro benzene ring substituents is 1. The van der Waals surface area contributed by atoms with Crippen LogP contribution in [0.1, 0.15) is 28.9 Å². The summed E-state index contributed by atoms with van der Waals surface area (Å²) in [5.74, 6) is -0.480. The molecule has 7 nitrogen and oxygen atoms in total. The van der Waals surface area contributed by atoms with Gasteiger partial charge in [0.2, 0.25) is 0 Å². The fourth-order valence-corrected chi connectivity index (χ4v) is 2.40. The number of nitrogens with one attached hydrogen (secondary N) is 1. The zero-order valence-electron chi connectivity index (χ0n) is 13.3. The van der Waals surface area contributed by atoms with Crippen LogP contribution in [0.15, 0.2) is 46.9 Å². The van der Waals surface area contributed by atoms with Crippen molar-refractivity contribution in [1.29, 1.82) is 0 Å². The predicted octanol–water partition coefficient (Wildman–Crippen LogP) is 3.43. The van der Waals surface area contributed by atoms with Crippen molar-refractivity contribution in [2.45, 2.75) is 13.0 Å². The van der Waals surface area contributed by atoms with Crippen molar-refractivity contribution in [2.24, 2.45) is 0 Å². The number of carbonyl (C=O) groups is 2. The molecule has 130 valence electrons. The molecule has 8 heteroatoms. The molecule has 0 bridgehead atoms. The lowest BCUT2D eigenvalue weighted by molar-refractivity contribution is -0.385. The normalized spacial score (nSPS) is 11.4. The largest absolute Gasteiger partial charge is 0.477 e. The molecule has 0 heterocycles. The molecule has 0 aliphatic carbocycles. The van der Waals surface area contributed by atoms with Crippen LogP contribution in [0.2, 0.25) is 0 Å². The molecule has 0 fully saturated rings. The minimum Gasteiger partial charge on any atom is -0.477 e. The van der Waals surface area contributed by atoms with E-state index in [1.54, 1.807) is 0 Å². The van der Waals surface area contributed by atoms with Crippen molar-refractivity contribution >= 4 is 33.8 Å². The van der Waals surface area contributed by atoms with Crippen LogP contribution < -0.4 is 10.1 Å². The van der Waals surface area contributed by atoms with E-state index in [2.05, 4.69) is 21.2 Å². The minimum absolute atomic E-state index is 0.0676. The van der Waals surface area contributed by atoms with Gasteiger partial charge < -0.3 is 10.1 Å². The summed E-state index contributed by atoms with van der Waals surface area (Å²) in [7, 11) is 0. The molecule has 0 saturated carbocycles. The first kappa shape index (κ1) is 18.6. The van der Waals surface area contributed by atoms with Gasteiger partial charge in [-0.05, 0) is 36.8 Å². The number of aldehydes is 1. The van der Waals surface area contributed by atoms with Gasteiger partial charge in [-0.1, -0.05) is 28.1 Å². The Morgan fingerprint density at radius 3 is 2.60 bits per heavy atom. The number of hydrogen-bond acceptors (Lipinski definition) is 5. The number of halogens is 1. The highest BCUT2D eigenvalue weighted by Gasteiger charge is 2.18. The Labute approximate surface area is 152 Å². The summed E-state index contributed by atoms with van der Waals surface area (Å²) in [6, 6.07) is 11.0. The van der Waals surface area contributed by atoms with E-state index in [0.29, 0.717) is 6.29 Å². The maximum absolute atomic E-state index is 12.0. The standard InChI is InChI=1S/C17H15BrN2O5/c1-11(13-3-5-14(18)6-4-13)19-17(22)10-25-16-7-2-12(9-21)8-15(16)20(23)24/h2-9,11H,10H2,1H3,(H,19,22)/t11-/m0/s1. The Morgan fingerprint density at radius 2 is 2.00 bits per heavy atom. The van der Waals surface area contributed by atoms with Crippen LogP contribution in [0.4, 0.5) is 5.69 Å². The van der Waals surface area contributed by atoms with Crippen molar-refractivity contribution in [1.82, 2.24) is 5.32 Å². The molecule has 2 aromatic rings. The van der Waals surface area contributed by atoms with Gasteiger partial charge in [-0.2, -0.15) is 0 Å². The number of ether oxygens (including phenoxy) is 1. The molecule has 0 saturated heterocycles. The van der Waals surface area contributed by atoms with Crippen molar-refractivity contribution in [2.75, 3.05) is 6.61 Å². The Balaban J connectivity index is 1.99. The minimum atomic E-state index is -0.662. The van der Waals surface area contributed by atoms with Gasteiger partial charge in [-0.25, -0.2) is 0 Å². The van der Waals surface area contributed by atoms with Gasteiger partial charge in [0.1, 0.15) is 6.29 Å². The smallest absolute Gasteiger partial charge is 0.311 e. The van der Waals surface area contributed by atoms with Gasteiger partial charge in [-0.3, -0.25) is 19.7 Å². The van der Waals surface area contributed by atoms with Gasteiger partial charge in [0.25, 0.3) is 5.91 Å². The molecule has 0 aliphatic heterocycles. The van der Waals surface area contributed by atoms with Gasteiger partial charge in [0, 0.05) is 16.1 Å². The van der Waals surface area contributed by atoms with E-state index in [1.807, 2.05) is 31.2 Å². The van der Waals surface area contributed by atoms with Crippen LogP contribution in [-0.4, -0.2) is 23.7 Å². The van der Waals surface area contributed by atoms with E-state index in [9.17, 15) is 19.7 Å². The summed E-state index contributed by atoms with van der Waals surface area (Å²) in [6.07, 6.45) is 0.503. The summed E-state index contributed by atoms with van der Waals surface area (Å²) in [5.41, 5.74) is 0.712. The first-order valence-electron chi connectivity index (χ1n) is 7.32. The molecule has 1 atom stereocenters. The molecule has 2 rings (SSSR count). The highest BCUT2D eigenvalue weighted by molar-refractivity contribution is 9.10. The fraction of sp³-hybridized carbons (Fsp3) is 0.176. The number of benzene rings is 2. The van der Waals surface area contributed by atoms with E-state index < -0.39 is 10.8 Å². The van der Waals surface area contributed by atoms with Crippen molar-refractivity contribution < 1.29 is 19.2 Å². The summed E-state index contributed by atoms with van der Waals surface area (Å²) in [5, 5.41) is 13.8. The highest BCUT2D eigenvalue weighted by Crippen LogP contribution is 2.27. The zero-order chi connectivity index (χ0) is 18.4. The second-order valence-corrected chi connectivity index (χ2v) is 6.15. The number of amides is 1. The van der Waals surface area contributed by atoms with Crippen molar-refractivity contribution in [3.05, 3.63) is 68.2 Å². The quantitative estimate of drug-likeness (QED) is 0.431. The lowest BCUT2D eigenvalue weighted by atomic mass is 10.1. The SMILES string of the molecule is C[C@H](NC(=O)COc1ccc(C=O)cc1[N+](=O)[O-])c1ccc(Br)cc1. The first-order valence-corrected chi connectivity index (χ1v) is 8.11. The average Bonchev–Trinajstić information content (AvgIpc) is 2.60. The third-order valence-electron chi connectivity index (χ3n) is 3.42. The summed E-state index contributed by atoms with van der Waals surface area (Å²) >= 11 is 3.34. The Hall–Kier alpha value is -2.74. The number of nitrogens with zero attached hydrogens (tertiary/aromatic N) is 1. The summed E-state index contributed by atoms with van der Waals surface area (Å²) < 4.78 is 6.17. The lowest BCUT2D eigenvalue weighted by Gasteiger charge is -2.15. The molecule has 0 aromatic heterocycles. The molecule has 2 aromatic carbocycles. The second-order valence-electron chi connectivity index (χ2n) is 5.23. The number of carbonyl (C=O) groups excluding carboxylic acids is 2. The fourth-order valence-electron chi connectivity index (χ4n) is 2.13. The van der Waals surface area contributed by atoms with Gasteiger partial charge in [0.05, 0.1) is 11.0 Å². The zero-order valence-corrected chi connectivity index (χ0v) is 14.9. The third kappa shape index (κ3) is 5.12. The molecule has 0 unspecified atom stereocenters. The molecule has 0 aliphatic rings. The maximum atomic E-state index is 12.0. The summed E-state index contributed by atoms with van der Waals surface area (Å²) in [4.78, 5) is 33.1. The van der Waals surface area contributed by atoms with Gasteiger partial charge in [0.15, 0.2) is 12.4 Å². The van der Waals surface area contributed by atoms with Crippen LogP contribution in [0.25, 0.3) is 0 Å². The van der Waals surface area contributed by atoms with E-state index in [0.717, 1.165) is 16.1 Å². The first-order chi connectivity index (χ1) is 11.9. The van der Waals surface area contributed by atoms with Crippen LogP contribution in [0.5, 0.6) is 5.75 Å². The van der Waals surface area contributed by atoms with Gasteiger partial charge in [-0.15, -0.1) is 0 Å². The third-order valence-corrected chi connectivity index (χ3v) is 3.95. The van der Waals surface area contributed by atoms with Gasteiger partial charge >= 0.3 is 5.69 Å². The molecule has 0 spiro atoms. The molecule has 1 N–H and O–H groups in total. The number of hydrogen-bond donors (Lipinski definition) is 1. The maximum Gasteiger partial charge on any atom is 0.311 e. The summed E-state index contributed by atoms with van der Waals surface area (Å²) in [6.45, 7) is 1.45. The van der Waals surface area contributed by atoms with E-state index in [-0.39, 0.29) is 29.6 Å². The molecular formula is C17H15BrN2O5. The molecule has 1 amide bonds. The van der Waals surface area contributed by atoms with E-state index in [1.165, 1.54) is 12.1 Å². The van der Waals surface area contributed by atoms with E-state index in [4.69, 9.17) is 4.74 Å². The Morgan fingerprint density at radius 1 is 1.32 bits per heavy atom. The highest BCUT2D eigenvalue weighted by atomic mass is 79.9. The predicted molar refractivity (Wildman–Crippen MR) is 94.7 cm³/mol. The average molecular weight is 407 g/mol. The van der Waals surface area contributed by atoms with Crippen LogP contribution >= 0.6 is 15.9 Å². The lowest BCUT2D eigenvalue weighted by Crippen LogP contribution is -2.31. The Bertz CT molecular complexity index is 792. The number of rotatable bonds is 7. The van der Waals surface area contributed by atoms with Crippen LogP contribution in [0.3, 0.4) is 0 Å². The number of nitro groups is 1. The molecule has 0 radical (unpaired) electrons. The van der Waals surface area contributed by atoms with Crippen molar-refractivity contribution in [3.8, 4) is 5.75 Å².